The number of halogens is 1. The molecule has 1 N–H and O–H groups in total. The van der Waals surface area contributed by atoms with Crippen LogP contribution in [0.3, 0.4) is 0 Å². The van der Waals surface area contributed by atoms with Gasteiger partial charge in [-0.25, -0.2) is 0 Å². The number of nitrogens with one attached hydrogen (secondary N) is 1. The van der Waals surface area contributed by atoms with Gasteiger partial charge in [0, 0.05) is 45.3 Å². The lowest BCUT2D eigenvalue weighted by Gasteiger charge is -2.36. The fraction of sp³-hybridized carbons (Fsp3) is 0.450. The number of carbonyl (C=O) groups excluding carboxylic acids is 1. The Morgan fingerprint density at radius 3 is 2.82 bits per heavy atom. The number of hydrogen-bond donors (Lipinski definition) is 1. The summed E-state index contributed by atoms with van der Waals surface area (Å²) in [6.45, 7) is 5.34. The fourth-order valence-corrected chi connectivity index (χ4v) is 3.82. The average Bonchev–Trinajstić information content (AvgIpc) is 3.07. The van der Waals surface area contributed by atoms with Gasteiger partial charge in [-0.05, 0) is 24.5 Å². The molecule has 1 unspecified atom stereocenters. The minimum absolute atomic E-state index is 0. The van der Waals surface area contributed by atoms with Crippen molar-refractivity contribution >= 4 is 41.5 Å². The summed E-state index contributed by atoms with van der Waals surface area (Å²) >= 11 is 0. The Morgan fingerprint density at radius 1 is 1.32 bits per heavy atom. The lowest BCUT2D eigenvalue weighted by molar-refractivity contribution is -0.120. The van der Waals surface area contributed by atoms with E-state index in [0.29, 0.717) is 19.0 Å². The third-order valence-corrected chi connectivity index (χ3v) is 5.28. The molecule has 0 saturated carbocycles. The van der Waals surface area contributed by atoms with Gasteiger partial charge in [0.05, 0.1) is 11.9 Å². The quantitative estimate of drug-likeness (QED) is 0.401. The van der Waals surface area contributed by atoms with Crippen LogP contribution in [0.2, 0.25) is 0 Å². The van der Waals surface area contributed by atoms with E-state index in [2.05, 4.69) is 46.5 Å². The number of nitrogens with zero attached hydrogens (tertiary/aromatic N) is 5. The van der Waals surface area contributed by atoms with Crippen LogP contribution in [0.25, 0.3) is 0 Å². The number of anilines is 1. The van der Waals surface area contributed by atoms with Gasteiger partial charge in [-0.2, -0.15) is 5.10 Å². The van der Waals surface area contributed by atoms with Crippen molar-refractivity contribution < 1.29 is 4.79 Å². The number of hydrogen-bond acceptors (Lipinski definition) is 3. The maximum absolute atomic E-state index is 12.7. The van der Waals surface area contributed by atoms with Gasteiger partial charge in [-0.3, -0.25) is 14.5 Å². The monoisotopic (exact) mass is 494 g/mol. The molecule has 2 heterocycles. The first-order chi connectivity index (χ1) is 13.2. The third-order valence-electron chi connectivity index (χ3n) is 5.28. The summed E-state index contributed by atoms with van der Waals surface area (Å²) in [7, 11) is 1.86. The molecule has 1 aromatic heterocycles. The summed E-state index contributed by atoms with van der Waals surface area (Å²) < 4.78 is 1.72. The highest BCUT2D eigenvalue weighted by atomic mass is 127. The van der Waals surface area contributed by atoms with Crippen molar-refractivity contribution in [1.82, 2.24) is 20.0 Å². The van der Waals surface area contributed by atoms with E-state index in [4.69, 9.17) is 4.99 Å². The lowest BCUT2D eigenvalue weighted by Crippen LogP contribution is -2.55. The second kappa shape index (κ2) is 8.93. The Kier molecular flexibility index (Phi) is 6.58. The zero-order valence-electron chi connectivity index (χ0n) is 16.3. The molecule has 1 fully saturated rings. The van der Waals surface area contributed by atoms with Gasteiger partial charge in [0.1, 0.15) is 6.54 Å². The van der Waals surface area contributed by atoms with Gasteiger partial charge in [-0.15, -0.1) is 24.0 Å². The summed E-state index contributed by atoms with van der Waals surface area (Å²) in [6, 6.07) is 8.57. The van der Waals surface area contributed by atoms with E-state index in [1.54, 1.807) is 15.8 Å². The molecule has 0 radical (unpaired) electrons. The van der Waals surface area contributed by atoms with Gasteiger partial charge >= 0.3 is 0 Å². The van der Waals surface area contributed by atoms with Crippen LogP contribution in [0.4, 0.5) is 5.69 Å². The number of fused-ring (bicyclic) bond motifs is 1. The van der Waals surface area contributed by atoms with Crippen LogP contribution in [-0.4, -0.2) is 59.3 Å². The van der Waals surface area contributed by atoms with Crippen molar-refractivity contribution in [2.45, 2.75) is 19.3 Å². The number of rotatable bonds is 4. The summed E-state index contributed by atoms with van der Waals surface area (Å²) in [4.78, 5) is 21.4. The van der Waals surface area contributed by atoms with Crippen molar-refractivity contribution in [3.05, 3.63) is 47.8 Å². The van der Waals surface area contributed by atoms with Crippen molar-refractivity contribution in [2.75, 3.05) is 37.6 Å². The van der Waals surface area contributed by atoms with Crippen LogP contribution in [-0.2, 0) is 18.3 Å². The van der Waals surface area contributed by atoms with Crippen molar-refractivity contribution in [3.63, 3.8) is 0 Å². The fourth-order valence-electron chi connectivity index (χ4n) is 3.82. The maximum Gasteiger partial charge on any atom is 0.246 e. The predicted octanol–water partition coefficient (Wildman–Crippen LogP) is 1.99. The van der Waals surface area contributed by atoms with E-state index in [1.807, 2.05) is 13.2 Å². The average molecular weight is 494 g/mol. The molecule has 0 bridgehead atoms. The molecule has 2 aliphatic rings. The second-order valence-electron chi connectivity index (χ2n) is 7.13. The zero-order chi connectivity index (χ0) is 18.8. The Bertz CT molecular complexity index is 864. The number of aryl methyl sites for hydroxylation is 1. The highest BCUT2D eigenvalue weighted by molar-refractivity contribution is 14.0. The molecule has 1 aliphatic carbocycles. The van der Waals surface area contributed by atoms with Crippen LogP contribution < -0.4 is 10.2 Å². The standard InChI is InChI=1S/C20H26N6O.HI/c1-3-21-20(22-11-16-10-15-6-4-5-7-18(15)16)25-8-9-26(19(27)14-25)17-12-23-24(2)13-17;/h4-7,12-13,16H,3,8-11,14H2,1-2H3,(H,21,22);1H. The van der Waals surface area contributed by atoms with Crippen molar-refractivity contribution in [1.29, 1.82) is 0 Å². The largest absolute Gasteiger partial charge is 0.357 e. The molecule has 0 spiro atoms. The Morgan fingerprint density at radius 2 is 2.14 bits per heavy atom. The number of amides is 1. The van der Waals surface area contributed by atoms with Crippen LogP contribution in [0.5, 0.6) is 0 Å². The Balaban J connectivity index is 0.00000225. The molecule has 4 rings (SSSR count). The molecule has 1 atom stereocenters. The summed E-state index contributed by atoms with van der Waals surface area (Å²) in [5, 5.41) is 7.51. The minimum Gasteiger partial charge on any atom is -0.357 e. The third kappa shape index (κ3) is 4.16. The number of aromatic nitrogens is 2. The Hall–Kier alpha value is -2.10. The van der Waals surface area contributed by atoms with E-state index >= 15 is 0 Å². The van der Waals surface area contributed by atoms with Gasteiger partial charge in [-0.1, -0.05) is 24.3 Å². The van der Waals surface area contributed by atoms with Crippen molar-refractivity contribution in [2.24, 2.45) is 12.0 Å². The second-order valence-corrected chi connectivity index (χ2v) is 7.13. The first-order valence-electron chi connectivity index (χ1n) is 9.55. The molecular weight excluding hydrogens is 467 g/mol. The summed E-state index contributed by atoms with van der Waals surface area (Å²) in [6.07, 6.45) is 4.70. The molecule has 1 aliphatic heterocycles. The summed E-state index contributed by atoms with van der Waals surface area (Å²) in [5.41, 5.74) is 3.70. The van der Waals surface area contributed by atoms with Gasteiger partial charge in [0.2, 0.25) is 5.91 Å². The number of carbonyl (C=O) groups is 1. The number of aliphatic imine (C=N–C) groups is 1. The number of guanidine groups is 1. The van der Waals surface area contributed by atoms with E-state index in [9.17, 15) is 4.79 Å². The van der Waals surface area contributed by atoms with Gasteiger partial charge < -0.3 is 15.1 Å². The SMILES string of the molecule is CCNC(=NCC1Cc2ccccc21)N1CCN(c2cnn(C)c2)C(=O)C1.I. The molecular formula is C20H27IN6O. The van der Waals surface area contributed by atoms with E-state index in [0.717, 1.165) is 37.7 Å². The van der Waals surface area contributed by atoms with E-state index < -0.39 is 0 Å². The summed E-state index contributed by atoms with van der Waals surface area (Å²) in [5.74, 6) is 1.40. The number of benzene rings is 1. The minimum atomic E-state index is 0. The van der Waals surface area contributed by atoms with Crippen LogP contribution in [0.1, 0.15) is 24.0 Å². The molecule has 1 amide bonds. The van der Waals surface area contributed by atoms with Crippen LogP contribution in [0, 0.1) is 0 Å². The van der Waals surface area contributed by atoms with Crippen molar-refractivity contribution in [3.8, 4) is 0 Å². The molecule has 7 nitrogen and oxygen atoms in total. The topological polar surface area (TPSA) is 65.8 Å². The molecule has 8 heteroatoms. The lowest BCUT2D eigenvalue weighted by atomic mass is 9.78. The molecule has 150 valence electrons. The normalized spacial score (nSPS) is 19.0. The molecule has 1 aromatic carbocycles. The predicted molar refractivity (Wildman–Crippen MR) is 121 cm³/mol. The van der Waals surface area contributed by atoms with Gasteiger partial charge in [0.15, 0.2) is 5.96 Å². The zero-order valence-corrected chi connectivity index (χ0v) is 18.7. The maximum atomic E-state index is 12.7. The highest BCUT2D eigenvalue weighted by Gasteiger charge is 2.29. The molecule has 2 aromatic rings. The number of piperazine rings is 1. The highest BCUT2D eigenvalue weighted by Crippen LogP contribution is 2.34. The van der Waals surface area contributed by atoms with Crippen LogP contribution >= 0.6 is 24.0 Å². The van der Waals surface area contributed by atoms with Gasteiger partial charge in [0.25, 0.3) is 0 Å². The first kappa shape index (κ1) is 20.6. The molecule has 1 saturated heterocycles. The van der Waals surface area contributed by atoms with E-state index in [-0.39, 0.29) is 29.9 Å². The molecule has 28 heavy (non-hydrogen) atoms. The van der Waals surface area contributed by atoms with E-state index in [1.165, 1.54) is 11.1 Å². The van der Waals surface area contributed by atoms with Crippen LogP contribution in [0.15, 0.2) is 41.7 Å². The first-order valence-corrected chi connectivity index (χ1v) is 9.55. The Labute approximate surface area is 182 Å². The smallest absolute Gasteiger partial charge is 0.246 e.